The Morgan fingerprint density at radius 2 is 1.72 bits per heavy atom. The van der Waals surface area contributed by atoms with Gasteiger partial charge in [0, 0.05) is 5.56 Å². The normalized spacial score (nSPS) is 12.4. The first-order chi connectivity index (χ1) is 11.8. The summed E-state index contributed by atoms with van der Waals surface area (Å²) >= 11 is 0. The number of ether oxygens (including phenoxy) is 2. The van der Waals surface area contributed by atoms with Gasteiger partial charge < -0.3 is 14.8 Å². The van der Waals surface area contributed by atoms with E-state index in [0.717, 1.165) is 12.1 Å². The van der Waals surface area contributed by atoms with Crippen molar-refractivity contribution < 1.29 is 27.4 Å². The van der Waals surface area contributed by atoms with Crippen LogP contribution in [-0.4, -0.2) is 20.1 Å². The van der Waals surface area contributed by atoms with Gasteiger partial charge in [-0.3, -0.25) is 4.79 Å². The number of methoxy groups -OCH3 is 2. The van der Waals surface area contributed by atoms with Gasteiger partial charge in [-0.2, -0.15) is 13.2 Å². The summed E-state index contributed by atoms with van der Waals surface area (Å²) in [6, 6.07) is 8.92. The number of benzene rings is 2. The zero-order chi connectivity index (χ0) is 18.6. The Hall–Kier alpha value is -2.70. The molecule has 1 amide bonds. The molecule has 2 aromatic rings. The zero-order valence-electron chi connectivity index (χ0n) is 14.0. The van der Waals surface area contributed by atoms with Crippen LogP contribution in [0.3, 0.4) is 0 Å². The molecule has 0 saturated heterocycles. The van der Waals surface area contributed by atoms with E-state index in [1.807, 2.05) is 0 Å². The molecule has 134 valence electrons. The van der Waals surface area contributed by atoms with Crippen molar-refractivity contribution >= 4 is 5.91 Å². The summed E-state index contributed by atoms with van der Waals surface area (Å²) in [5.74, 6) is 0.442. The van der Waals surface area contributed by atoms with Crippen molar-refractivity contribution in [3.63, 3.8) is 0 Å². The monoisotopic (exact) mass is 353 g/mol. The van der Waals surface area contributed by atoms with Crippen molar-refractivity contribution in [1.29, 1.82) is 0 Å². The third-order valence-corrected chi connectivity index (χ3v) is 3.71. The summed E-state index contributed by atoms with van der Waals surface area (Å²) in [6.45, 7) is 1.62. The SMILES string of the molecule is COc1ccc(C(=O)N[C@@H](C)c2cccc(C(F)(F)F)c2)cc1OC. The number of carbonyl (C=O) groups is 1. The van der Waals surface area contributed by atoms with Crippen molar-refractivity contribution in [3.8, 4) is 11.5 Å². The van der Waals surface area contributed by atoms with Crippen LogP contribution in [0.25, 0.3) is 0 Å². The van der Waals surface area contributed by atoms with E-state index in [1.54, 1.807) is 19.1 Å². The lowest BCUT2D eigenvalue weighted by Gasteiger charge is -2.17. The molecule has 0 heterocycles. The first-order valence-electron chi connectivity index (χ1n) is 7.46. The smallest absolute Gasteiger partial charge is 0.416 e. The lowest BCUT2D eigenvalue weighted by molar-refractivity contribution is -0.137. The van der Waals surface area contributed by atoms with Crippen LogP contribution in [0.4, 0.5) is 13.2 Å². The summed E-state index contributed by atoms with van der Waals surface area (Å²) in [7, 11) is 2.93. The van der Waals surface area contributed by atoms with E-state index in [9.17, 15) is 18.0 Å². The third-order valence-electron chi connectivity index (χ3n) is 3.71. The molecule has 2 aromatic carbocycles. The minimum atomic E-state index is -4.43. The van der Waals surface area contributed by atoms with Gasteiger partial charge in [0.05, 0.1) is 25.8 Å². The van der Waals surface area contributed by atoms with Crippen LogP contribution in [0.2, 0.25) is 0 Å². The molecule has 0 aliphatic carbocycles. The van der Waals surface area contributed by atoms with Gasteiger partial charge >= 0.3 is 6.18 Å². The minimum Gasteiger partial charge on any atom is -0.493 e. The number of hydrogen-bond acceptors (Lipinski definition) is 3. The Labute approximate surface area is 143 Å². The molecule has 0 spiro atoms. The van der Waals surface area contributed by atoms with E-state index in [1.165, 1.54) is 32.4 Å². The molecule has 1 atom stereocenters. The van der Waals surface area contributed by atoms with E-state index in [4.69, 9.17) is 9.47 Å². The fourth-order valence-electron chi connectivity index (χ4n) is 2.33. The second kappa shape index (κ2) is 7.46. The van der Waals surface area contributed by atoms with Crippen molar-refractivity contribution in [2.75, 3.05) is 14.2 Å². The molecule has 2 rings (SSSR count). The first kappa shape index (κ1) is 18.6. The fourth-order valence-corrected chi connectivity index (χ4v) is 2.33. The molecule has 7 heteroatoms. The van der Waals surface area contributed by atoms with E-state index in [-0.39, 0.29) is 0 Å². The molecule has 25 heavy (non-hydrogen) atoms. The Bertz CT molecular complexity index is 759. The second-order valence-electron chi connectivity index (χ2n) is 5.39. The Balaban J connectivity index is 2.18. The number of alkyl halides is 3. The van der Waals surface area contributed by atoms with Gasteiger partial charge in [0.15, 0.2) is 11.5 Å². The van der Waals surface area contributed by atoms with Crippen LogP contribution in [0.1, 0.15) is 34.5 Å². The number of amides is 1. The summed E-state index contributed by atoms with van der Waals surface area (Å²) in [5.41, 5.74) is -0.0719. The van der Waals surface area contributed by atoms with Crippen LogP contribution >= 0.6 is 0 Å². The van der Waals surface area contributed by atoms with Crippen LogP contribution in [0.15, 0.2) is 42.5 Å². The summed E-state index contributed by atoms with van der Waals surface area (Å²) in [6.07, 6.45) is -4.43. The number of rotatable bonds is 5. The maximum Gasteiger partial charge on any atom is 0.416 e. The maximum atomic E-state index is 12.8. The lowest BCUT2D eigenvalue weighted by atomic mass is 10.0. The molecule has 0 aromatic heterocycles. The zero-order valence-corrected chi connectivity index (χ0v) is 14.0. The standard InChI is InChI=1S/C18H18F3NO3/c1-11(12-5-4-6-14(9-12)18(19,20)21)22-17(23)13-7-8-15(24-2)16(10-13)25-3/h4-11H,1-3H3,(H,22,23)/t11-/m0/s1. The number of carbonyl (C=O) groups excluding carboxylic acids is 1. The summed E-state index contributed by atoms with van der Waals surface area (Å²) < 4.78 is 48.6. The van der Waals surface area contributed by atoms with E-state index >= 15 is 0 Å². The Morgan fingerprint density at radius 1 is 1.04 bits per heavy atom. The average molecular weight is 353 g/mol. The topological polar surface area (TPSA) is 47.6 Å². The molecule has 0 unspecified atom stereocenters. The number of halogens is 3. The molecule has 0 saturated carbocycles. The highest BCUT2D eigenvalue weighted by Gasteiger charge is 2.30. The van der Waals surface area contributed by atoms with Crippen LogP contribution in [-0.2, 0) is 6.18 Å². The second-order valence-corrected chi connectivity index (χ2v) is 5.39. The average Bonchev–Trinajstić information content (AvgIpc) is 2.60. The van der Waals surface area contributed by atoms with Crippen molar-refractivity contribution in [1.82, 2.24) is 5.32 Å². The predicted octanol–water partition coefficient (Wildman–Crippen LogP) is 4.21. The lowest BCUT2D eigenvalue weighted by Crippen LogP contribution is -2.26. The summed E-state index contributed by atoms with van der Waals surface area (Å²) in [5, 5.41) is 2.68. The van der Waals surface area contributed by atoms with Gasteiger partial charge in [0.2, 0.25) is 0 Å². The maximum absolute atomic E-state index is 12.8. The van der Waals surface area contributed by atoms with Crippen LogP contribution in [0.5, 0.6) is 11.5 Å². The highest BCUT2D eigenvalue weighted by Crippen LogP contribution is 2.31. The van der Waals surface area contributed by atoms with Gasteiger partial charge in [-0.05, 0) is 42.8 Å². The molecule has 4 nitrogen and oxygen atoms in total. The first-order valence-corrected chi connectivity index (χ1v) is 7.46. The molecular weight excluding hydrogens is 335 g/mol. The van der Waals surface area contributed by atoms with Crippen LogP contribution in [0, 0.1) is 0 Å². The van der Waals surface area contributed by atoms with Crippen molar-refractivity contribution in [2.24, 2.45) is 0 Å². The van der Waals surface area contributed by atoms with Crippen LogP contribution < -0.4 is 14.8 Å². The highest BCUT2D eigenvalue weighted by atomic mass is 19.4. The molecule has 0 fully saturated rings. The van der Waals surface area contributed by atoms with Gasteiger partial charge in [-0.25, -0.2) is 0 Å². The molecule has 0 aliphatic rings. The fraction of sp³-hybridized carbons (Fsp3) is 0.278. The number of hydrogen-bond donors (Lipinski definition) is 1. The van der Waals surface area contributed by atoms with E-state index in [2.05, 4.69) is 5.32 Å². The van der Waals surface area contributed by atoms with E-state index in [0.29, 0.717) is 22.6 Å². The Morgan fingerprint density at radius 3 is 2.32 bits per heavy atom. The molecule has 0 aliphatic heterocycles. The van der Waals surface area contributed by atoms with Crippen molar-refractivity contribution in [3.05, 3.63) is 59.2 Å². The van der Waals surface area contributed by atoms with Gasteiger partial charge in [-0.15, -0.1) is 0 Å². The quantitative estimate of drug-likeness (QED) is 0.876. The molecular formula is C18H18F3NO3. The highest BCUT2D eigenvalue weighted by molar-refractivity contribution is 5.95. The van der Waals surface area contributed by atoms with E-state index < -0.39 is 23.7 Å². The molecule has 0 bridgehead atoms. The largest absolute Gasteiger partial charge is 0.493 e. The van der Waals surface area contributed by atoms with Gasteiger partial charge in [-0.1, -0.05) is 12.1 Å². The summed E-state index contributed by atoms with van der Waals surface area (Å²) in [4.78, 5) is 12.3. The third kappa shape index (κ3) is 4.43. The minimum absolute atomic E-state index is 0.316. The van der Waals surface area contributed by atoms with Crippen molar-refractivity contribution in [2.45, 2.75) is 19.1 Å². The predicted molar refractivity (Wildman–Crippen MR) is 86.9 cm³/mol. The van der Waals surface area contributed by atoms with Gasteiger partial charge in [0.25, 0.3) is 5.91 Å². The number of nitrogens with one attached hydrogen (secondary N) is 1. The van der Waals surface area contributed by atoms with Gasteiger partial charge in [0.1, 0.15) is 0 Å². The molecule has 1 N–H and O–H groups in total. The Kier molecular flexibility index (Phi) is 5.56. The molecule has 0 radical (unpaired) electrons.